The van der Waals surface area contributed by atoms with Crippen molar-refractivity contribution in [3.05, 3.63) is 60.2 Å². The number of nitrogens with one attached hydrogen (secondary N) is 1. The molecule has 0 aromatic heterocycles. The first-order chi connectivity index (χ1) is 13.8. The summed E-state index contributed by atoms with van der Waals surface area (Å²) in [6, 6.07) is 13.3. The first-order valence-electron chi connectivity index (χ1n) is 8.74. The Kier molecular flexibility index (Phi) is 5.86. The van der Waals surface area contributed by atoms with Crippen LogP contribution in [0.1, 0.15) is 12.0 Å². The van der Waals surface area contributed by atoms with E-state index in [9.17, 15) is 27.6 Å². The van der Waals surface area contributed by atoms with Gasteiger partial charge >= 0.3 is 12.1 Å². The second kappa shape index (κ2) is 8.34. The monoisotopic (exact) mass is 406 g/mol. The highest BCUT2D eigenvalue weighted by molar-refractivity contribution is 6.00. The molecule has 29 heavy (non-hydrogen) atoms. The maximum Gasteiger partial charge on any atom is 0.418 e. The van der Waals surface area contributed by atoms with Gasteiger partial charge in [-0.05, 0) is 24.3 Å². The molecular formula is C20H17F3N2O4. The van der Waals surface area contributed by atoms with Gasteiger partial charge in [0, 0.05) is 18.7 Å². The van der Waals surface area contributed by atoms with Crippen LogP contribution in [-0.4, -0.2) is 30.9 Å². The van der Waals surface area contributed by atoms with Crippen LogP contribution in [0.3, 0.4) is 0 Å². The summed E-state index contributed by atoms with van der Waals surface area (Å²) in [5.41, 5.74) is -0.777. The average molecular weight is 406 g/mol. The van der Waals surface area contributed by atoms with Gasteiger partial charge in [0.05, 0.1) is 17.2 Å². The second-order valence-electron chi connectivity index (χ2n) is 6.44. The smallest absolute Gasteiger partial charge is 0.418 e. The van der Waals surface area contributed by atoms with Crippen molar-refractivity contribution in [2.45, 2.75) is 12.6 Å². The van der Waals surface area contributed by atoms with Gasteiger partial charge in [-0.25, -0.2) is 0 Å². The third kappa shape index (κ3) is 4.92. The summed E-state index contributed by atoms with van der Waals surface area (Å²) in [5, 5.41) is 2.09. The third-order valence-electron chi connectivity index (χ3n) is 4.38. The van der Waals surface area contributed by atoms with Gasteiger partial charge in [0.1, 0.15) is 0 Å². The van der Waals surface area contributed by atoms with Crippen LogP contribution in [0, 0.1) is 5.92 Å². The number of ether oxygens (including phenoxy) is 1. The molecule has 1 N–H and O–H groups in total. The van der Waals surface area contributed by atoms with Crippen LogP contribution < -0.4 is 10.2 Å². The van der Waals surface area contributed by atoms with Crippen LogP contribution in [-0.2, 0) is 25.3 Å². The molecule has 0 bridgehead atoms. The first-order valence-corrected chi connectivity index (χ1v) is 8.74. The van der Waals surface area contributed by atoms with Crippen molar-refractivity contribution in [3.63, 3.8) is 0 Å². The van der Waals surface area contributed by atoms with Crippen molar-refractivity contribution in [1.82, 2.24) is 0 Å². The first kappa shape index (κ1) is 20.4. The molecule has 1 heterocycles. The number of rotatable bonds is 5. The van der Waals surface area contributed by atoms with Crippen LogP contribution in [0.5, 0.6) is 0 Å². The number of hydrogen-bond acceptors (Lipinski definition) is 4. The standard InChI is InChI=1S/C20H17F3N2O4/c21-20(22,23)15-8-4-5-9-16(15)24-17(26)12-29-19(28)13-10-18(27)25(11-13)14-6-2-1-3-7-14/h1-9,13H,10-12H2,(H,24,26). The molecule has 0 radical (unpaired) electrons. The SMILES string of the molecule is O=C(COC(=O)C1CC(=O)N(c2ccccc2)C1)Nc1ccccc1C(F)(F)F. The number of halogens is 3. The molecule has 3 rings (SSSR count). The summed E-state index contributed by atoms with van der Waals surface area (Å²) in [4.78, 5) is 37.7. The Hall–Kier alpha value is -3.36. The summed E-state index contributed by atoms with van der Waals surface area (Å²) in [7, 11) is 0. The minimum Gasteiger partial charge on any atom is -0.455 e. The van der Waals surface area contributed by atoms with Crippen molar-refractivity contribution in [2.75, 3.05) is 23.4 Å². The summed E-state index contributed by atoms with van der Waals surface area (Å²) in [6.07, 6.45) is -4.70. The third-order valence-corrected chi connectivity index (χ3v) is 4.38. The number of nitrogens with zero attached hydrogens (tertiary/aromatic N) is 1. The molecule has 6 nitrogen and oxygen atoms in total. The Bertz CT molecular complexity index is 915. The molecule has 9 heteroatoms. The quantitative estimate of drug-likeness (QED) is 0.774. The average Bonchev–Trinajstić information content (AvgIpc) is 3.08. The lowest BCUT2D eigenvalue weighted by Gasteiger charge is -2.16. The lowest BCUT2D eigenvalue weighted by Crippen LogP contribution is -2.28. The van der Waals surface area contributed by atoms with Crippen molar-refractivity contribution in [2.24, 2.45) is 5.92 Å². The van der Waals surface area contributed by atoms with E-state index in [1.165, 1.54) is 17.0 Å². The molecule has 2 aromatic rings. The number of amides is 2. The number of hydrogen-bond donors (Lipinski definition) is 1. The van der Waals surface area contributed by atoms with E-state index in [1.807, 2.05) is 0 Å². The minimum atomic E-state index is -4.63. The lowest BCUT2D eigenvalue weighted by atomic mass is 10.1. The summed E-state index contributed by atoms with van der Waals surface area (Å²) >= 11 is 0. The van der Waals surface area contributed by atoms with E-state index in [-0.39, 0.29) is 18.9 Å². The van der Waals surface area contributed by atoms with Gasteiger partial charge in [0.2, 0.25) is 5.91 Å². The molecule has 1 fully saturated rings. The van der Waals surface area contributed by atoms with Crippen molar-refractivity contribution < 1.29 is 32.3 Å². The highest BCUT2D eigenvalue weighted by Crippen LogP contribution is 2.34. The number of anilines is 2. The minimum absolute atomic E-state index is 0.0632. The van der Waals surface area contributed by atoms with E-state index in [4.69, 9.17) is 4.74 Å². The maximum atomic E-state index is 13.0. The Morgan fingerprint density at radius 2 is 1.72 bits per heavy atom. The van der Waals surface area contributed by atoms with Crippen LogP contribution in [0.15, 0.2) is 54.6 Å². The number of carbonyl (C=O) groups excluding carboxylic acids is 3. The molecule has 1 atom stereocenters. The number of esters is 1. The van der Waals surface area contributed by atoms with Gasteiger partial charge in [-0.2, -0.15) is 13.2 Å². The van der Waals surface area contributed by atoms with Crippen molar-refractivity contribution >= 4 is 29.2 Å². The Morgan fingerprint density at radius 3 is 2.41 bits per heavy atom. The molecule has 0 spiro atoms. The molecule has 1 aliphatic rings. The second-order valence-corrected chi connectivity index (χ2v) is 6.44. The molecular weight excluding hydrogens is 389 g/mol. The zero-order valence-electron chi connectivity index (χ0n) is 15.1. The predicted octanol–water partition coefficient (Wildman–Crippen LogP) is 3.24. The molecule has 0 saturated carbocycles. The number of benzene rings is 2. The van der Waals surface area contributed by atoms with Crippen LogP contribution in [0.4, 0.5) is 24.5 Å². The highest BCUT2D eigenvalue weighted by atomic mass is 19.4. The van der Waals surface area contributed by atoms with Crippen LogP contribution >= 0.6 is 0 Å². The molecule has 0 aliphatic carbocycles. The van der Waals surface area contributed by atoms with E-state index < -0.39 is 41.8 Å². The number of alkyl halides is 3. The molecule has 2 amide bonds. The van der Waals surface area contributed by atoms with E-state index in [0.717, 1.165) is 12.1 Å². The topological polar surface area (TPSA) is 75.7 Å². The summed E-state index contributed by atoms with van der Waals surface area (Å²) in [5.74, 6) is -2.66. The van der Waals surface area contributed by atoms with Gasteiger partial charge in [0.25, 0.3) is 5.91 Å². The fourth-order valence-electron chi connectivity index (χ4n) is 3.00. The zero-order valence-corrected chi connectivity index (χ0v) is 15.1. The van der Waals surface area contributed by atoms with Crippen LogP contribution in [0.25, 0.3) is 0 Å². The molecule has 1 unspecified atom stereocenters. The Morgan fingerprint density at radius 1 is 1.07 bits per heavy atom. The van der Waals surface area contributed by atoms with Gasteiger partial charge in [-0.15, -0.1) is 0 Å². The van der Waals surface area contributed by atoms with E-state index in [2.05, 4.69) is 5.32 Å². The van der Waals surface area contributed by atoms with Crippen molar-refractivity contribution in [1.29, 1.82) is 0 Å². The molecule has 1 aliphatic heterocycles. The predicted molar refractivity (Wildman–Crippen MR) is 97.9 cm³/mol. The Balaban J connectivity index is 1.55. The van der Waals surface area contributed by atoms with Crippen LogP contribution in [0.2, 0.25) is 0 Å². The Labute approximate surface area is 164 Å². The number of carbonyl (C=O) groups is 3. The molecule has 1 saturated heterocycles. The van der Waals surface area contributed by atoms with Gasteiger partial charge in [-0.3, -0.25) is 14.4 Å². The number of para-hydroxylation sites is 2. The van der Waals surface area contributed by atoms with Crippen molar-refractivity contribution in [3.8, 4) is 0 Å². The fraction of sp³-hybridized carbons (Fsp3) is 0.250. The normalized spacial score (nSPS) is 16.6. The lowest BCUT2D eigenvalue weighted by molar-refractivity contribution is -0.151. The zero-order chi connectivity index (χ0) is 21.0. The van der Waals surface area contributed by atoms with Gasteiger partial charge in [-0.1, -0.05) is 30.3 Å². The van der Waals surface area contributed by atoms with E-state index in [1.54, 1.807) is 30.3 Å². The van der Waals surface area contributed by atoms with Gasteiger partial charge < -0.3 is 15.0 Å². The van der Waals surface area contributed by atoms with E-state index in [0.29, 0.717) is 5.69 Å². The highest BCUT2D eigenvalue weighted by Gasteiger charge is 2.37. The van der Waals surface area contributed by atoms with E-state index >= 15 is 0 Å². The van der Waals surface area contributed by atoms with Gasteiger partial charge in [0.15, 0.2) is 6.61 Å². The molecule has 2 aromatic carbocycles. The summed E-state index contributed by atoms with van der Waals surface area (Å²) in [6.45, 7) is -0.638. The molecule has 152 valence electrons. The summed E-state index contributed by atoms with van der Waals surface area (Å²) < 4.78 is 43.8. The largest absolute Gasteiger partial charge is 0.455 e. The fourth-order valence-corrected chi connectivity index (χ4v) is 3.00. The maximum absolute atomic E-state index is 13.0.